The Kier molecular flexibility index (Phi) is 7.29. The molecule has 0 unspecified atom stereocenters. The van der Waals surface area contributed by atoms with Gasteiger partial charge in [0.15, 0.2) is 0 Å². The van der Waals surface area contributed by atoms with Crippen LogP contribution in [0.5, 0.6) is 0 Å². The average Bonchev–Trinajstić information content (AvgIpc) is 2.31. The molecule has 0 aromatic heterocycles. The van der Waals surface area contributed by atoms with Gasteiger partial charge in [-0.1, -0.05) is 35.6 Å². The highest BCUT2D eigenvalue weighted by Gasteiger charge is 2.10. The van der Waals surface area contributed by atoms with Gasteiger partial charge in [-0.25, -0.2) is 0 Å². The second-order valence-electron chi connectivity index (χ2n) is 3.58. The van der Waals surface area contributed by atoms with Gasteiger partial charge in [0, 0.05) is 14.1 Å². The van der Waals surface area contributed by atoms with Gasteiger partial charge in [-0.15, -0.1) is 0 Å². The molecule has 0 spiro atoms. The van der Waals surface area contributed by atoms with E-state index in [1.807, 2.05) is 30.3 Å². The second kappa shape index (κ2) is 8.23. The molecule has 0 fully saturated rings. The summed E-state index contributed by atoms with van der Waals surface area (Å²) in [5, 5.41) is 12.9. The summed E-state index contributed by atoms with van der Waals surface area (Å²) >= 11 is 0. The number of aliphatic carboxylic acids is 1. The van der Waals surface area contributed by atoms with Crippen LogP contribution in [0.25, 0.3) is 0 Å². The molecule has 0 amide bonds. The number of hydrogen-bond donors (Lipinski definition) is 3. The highest BCUT2D eigenvalue weighted by molar-refractivity contribution is 5.73. The zero-order valence-corrected chi connectivity index (χ0v) is 10.00. The van der Waals surface area contributed by atoms with E-state index in [9.17, 15) is 4.79 Å². The van der Waals surface area contributed by atoms with Gasteiger partial charge in [-0.3, -0.25) is 9.80 Å². The number of carboxylic acids is 1. The van der Waals surface area contributed by atoms with Gasteiger partial charge in [0.2, 0.25) is 0 Å². The summed E-state index contributed by atoms with van der Waals surface area (Å²) < 4.78 is 0. The molecule has 17 heavy (non-hydrogen) atoms. The number of carboxylic acid groups (broad SMARTS) is 1. The third kappa shape index (κ3) is 7.92. The first kappa shape index (κ1) is 15.0. The Hall–Kier alpha value is -1.95. The number of hydrogen-bond acceptors (Lipinski definition) is 4. The largest absolute Gasteiger partial charge is 0.480 e. The van der Waals surface area contributed by atoms with Gasteiger partial charge >= 0.3 is 5.97 Å². The zero-order chi connectivity index (χ0) is 13.3. The molecule has 0 bridgehead atoms. The predicted molar refractivity (Wildman–Crippen MR) is 64.6 cm³/mol. The SMILES string of the molecule is CN(C)N=N.N[C@@H](Cc1ccccc1)C(=O)O. The first-order chi connectivity index (χ1) is 7.97. The van der Waals surface area contributed by atoms with Crippen LogP contribution in [-0.4, -0.2) is 36.2 Å². The van der Waals surface area contributed by atoms with E-state index in [1.54, 1.807) is 14.1 Å². The fourth-order valence-electron chi connectivity index (χ4n) is 0.955. The molecule has 1 atom stereocenters. The van der Waals surface area contributed by atoms with Crippen molar-refractivity contribution in [3.05, 3.63) is 35.9 Å². The Labute approximate surface area is 101 Å². The molecular weight excluding hydrogens is 220 g/mol. The normalized spacial score (nSPS) is 10.8. The molecule has 1 aromatic carbocycles. The molecule has 6 heteroatoms. The first-order valence-electron chi connectivity index (χ1n) is 5.04. The summed E-state index contributed by atoms with van der Waals surface area (Å²) in [6.45, 7) is 0. The van der Waals surface area contributed by atoms with E-state index in [2.05, 4.69) is 5.22 Å². The smallest absolute Gasteiger partial charge is 0.320 e. The Morgan fingerprint density at radius 3 is 2.29 bits per heavy atom. The molecule has 0 aliphatic heterocycles. The minimum absolute atomic E-state index is 0.385. The van der Waals surface area contributed by atoms with Crippen LogP contribution in [0.3, 0.4) is 0 Å². The van der Waals surface area contributed by atoms with Crippen molar-refractivity contribution >= 4 is 5.97 Å². The van der Waals surface area contributed by atoms with Crippen LogP contribution in [0.1, 0.15) is 5.56 Å². The number of rotatable bonds is 4. The van der Waals surface area contributed by atoms with Crippen LogP contribution in [-0.2, 0) is 11.2 Å². The number of nitrogens with two attached hydrogens (primary N) is 1. The lowest BCUT2D eigenvalue weighted by Gasteiger charge is -2.04. The van der Waals surface area contributed by atoms with Gasteiger partial charge in [0.05, 0.1) is 0 Å². The standard InChI is InChI=1S/C9H11NO2.C2H7N3/c10-8(9(11)12)6-7-4-2-1-3-5-7;1-5(2)4-3/h1-5,8H,6,10H2,(H,11,12);3H,1-2H3/t8-;/m0./s1. The van der Waals surface area contributed by atoms with E-state index in [-0.39, 0.29) is 0 Å². The summed E-state index contributed by atoms with van der Waals surface area (Å²) in [6.07, 6.45) is 0.385. The molecule has 0 radical (unpaired) electrons. The summed E-state index contributed by atoms with van der Waals surface area (Å²) in [6, 6.07) is 8.54. The van der Waals surface area contributed by atoms with E-state index in [0.29, 0.717) is 6.42 Å². The van der Waals surface area contributed by atoms with Crippen LogP contribution in [0.2, 0.25) is 0 Å². The number of nitrogens with zero attached hydrogens (tertiary/aromatic N) is 2. The van der Waals surface area contributed by atoms with Gasteiger partial charge in [0.1, 0.15) is 6.04 Å². The molecule has 0 aliphatic carbocycles. The maximum atomic E-state index is 10.4. The van der Waals surface area contributed by atoms with Crippen molar-refractivity contribution in [3.63, 3.8) is 0 Å². The maximum Gasteiger partial charge on any atom is 0.320 e. The third-order valence-corrected chi connectivity index (χ3v) is 1.82. The molecule has 0 saturated heterocycles. The van der Waals surface area contributed by atoms with Gasteiger partial charge < -0.3 is 10.8 Å². The Morgan fingerprint density at radius 1 is 1.47 bits per heavy atom. The predicted octanol–water partition coefficient (Wildman–Crippen LogP) is 1.13. The van der Waals surface area contributed by atoms with E-state index in [0.717, 1.165) is 5.56 Å². The van der Waals surface area contributed by atoms with Crippen LogP contribution in [0, 0.1) is 5.53 Å². The number of benzene rings is 1. The summed E-state index contributed by atoms with van der Waals surface area (Å²) in [4.78, 5) is 10.4. The van der Waals surface area contributed by atoms with Crippen molar-refractivity contribution in [2.75, 3.05) is 14.1 Å². The van der Waals surface area contributed by atoms with Crippen LogP contribution in [0.4, 0.5) is 0 Å². The topological polar surface area (TPSA) is 103 Å². The average molecular weight is 238 g/mol. The summed E-state index contributed by atoms with van der Waals surface area (Å²) in [5.74, 6) is -0.959. The molecule has 0 aliphatic rings. The molecule has 94 valence electrons. The number of nitrogens with one attached hydrogen (secondary N) is 1. The molecule has 0 saturated carbocycles. The highest BCUT2D eigenvalue weighted by atomic mass is 16.4. The highest BCUT2D eigenvalue weighted by Crippen LogP contribution is 2.01. The Balaban J connectivity index is 0.000000437. The van der Waals surface area contributed by atoms with Crippen LogP contribution >= 0.6 is 0 Å². The van der Waals surface area contributed by atoms with Crippen LogP contribution < -0.4 is 5.73 Å². The molecule has 6 nitrogen and oxygen atoms in total. The van der Waals surface area contributed by atoms with E-state index >= 15 is 0 Å². The second-order valence-corrected chi connectivity index (χ2v) is 3.58. The zero-order valence-electron chi connectivity index (χ0n) is 10.00. The maximum absolute atomic E-state index is 10.4. The van der Waals surface area contributed by atoms with E-state index in [4.69, 9.17) is 16.4 Å². The van der Waals surface area contributed by atoms with Crippen molar-refractivity contribution in [2.24, 2.45) is 11.0 Å². The monoisotopic (exact) mass is 238 g/mol. The van der Waals surface area contributed by atoms with Gasteiger partial charge in [0.25, 0.3) is 0 Å². The van der Waals surface area contributed by atoms with Gasteiger partial charge in [-0.2, -0.15) is 5.53 Å². The molecule has 1 rings (SSSR count). The lowest BCUT2D eigenvalue weighted by molar-refractivity contribution is -0.138. The Morgan fingerprint density at radius 2 is 1.94 bits per heavy atom. The fraction of sp³-hybridized carbons (Fsp3) is 0.364. The van der Waals surface area contributed by atoms with Crippen molar-refractivity contribution in [1.82, 2.24) is 5.01 Å². The fourth-order valence-corrected chi connectivity index (χ4v) is 0.955. The summed E-state index contributed by atoms with van der Waals surface area (Å²) in [5.41, 5.74) is 12.5. The first-order valence-corrected chi connectivity index (χ1v) is 5.04. The quantitative estimate of drug-likeness (QED) is 0.540. The Bertz CT molecular complexity index is 341. The molecule has 1 aromatic rings. The lowest BCUT2D eigenvalue weighted by Crippen LogP contribution is -2.32. The summed E-state index contributed by atoms with van der Waals surface area (Å²) in [7, 11) is 3.40. The van der Waals surface area contributed by atoms with E-state index in [1.165, 1.54) is 5.01 Å². The van der Waals surface area contributed by atoms with Crippen LogP contribution in [0.15, 0.2) is 35.6 Å². The lowest BCUT2D eigenvalue weighted by atomic mass is 10.1. The van der Waals surface area contributed by atoms with Crippen molar-refractivity contribution < 1.29 is 9.90 Å². The van der Waals surface area contributed by atoms with Crippen molar-refractivity contribution in [2.45, 2.75) is 12.5 Å². The van der Waals surface area contributed by atoms with Crippen molar-refractivity contribution in [1.29, 1.82) is 5.53 Å². The minimum atomic E-state index is -0.959. The molecule has 4 N–H and O–H groups in total. The van der Waals surface area contributed by atoms with Gasteiger partial charge in [-0.05, 0) is 12.0 Å². The minimum Gasteiger partial charge on any atom is -0.480 e. The number of carbonyl (C=O) groups is 1. The molecule has 0 heterocycles. The van der Waals surface area contributed by atoms with E-state index < -0.39 is 12.0 Å². The van der Waals surface area contributed by atoms with Crippen molar-refractivity contribution in [3.8, 4) is 0 Å². The third-order valence-electron chi connectivity index (χ3n) is 1.82. The molecular formula is C11H18N4O2.